The molecule has 0 spiro atoms. The van der Waals surface area contributed by atoms with Gasteiger partial charge >= 0.3 is 0 Å². The molecule has 0 aromatic rings. The van der Waals surface area contributed by atoms with E-state index in [0.717, 1.165) is 0 Å². The van der Waals surface area contributed by atoms with Gasteiger partial charge in [-0.3, -0.25) is 4.79 Å². The first-order valence-corrected chi connectivity index (χ1v) is 4.87. The van der Waals surface area contributed by atoms with Crippen LogP contribution in [0.2, 0.25) is 0 Å². The minimum Gasteiger partial charge on any atom is -0.394 e. The Morgan fingerprint density at radius 1 is 1.43 bits per heavy atom. The topological polar surface area (TPSA) is 78.8 Å². The molecule has 1 heterocycles. The van der Waals surface area contributed by atoms with Crippen molar-refractivity contribution in [2.45, 2.75) is 18.9 Å². The second kappa shape index (κ2) is 5.95. The van der Waals surface area contributed by atoms with E-state index in [4.69, 9.17) is 14.9 Å². The number of hydrogen-bond acceptors (Lipinski definition) is 4. The van der Waals surface area contributed by atoms with Crippen molar-refractivity contribution in [2.75, 3.05) is 26.4 Å². The lowest BCUT2D eigenvalue weighted by Gasteiger charge is -2.06. The third-order valence-electron chi connectivity index (χ3n) is 2.35. The van der Waals surface area contributed by atoms with Crippen molar-refractivity contribution in [3.05, 3.63) is 0 Å². The molecule has 2 atom stereocenters. The molecule has 1 aliphatic heterocycles. The fourth-order valence-electron chi connectivity index (χ4n) is 1.59. The van der Waals surface area contributed by atoms with E-state index in [2.05, 4.69) is 5.32 Å². The van der Waals surface area contributed by atoms with E-state index in [1.165, 1.54) is 0 Å². The predicted molar refractivity (Wildman–Crippen MR) is 49.6 cm³/mol. The second-order valence-electron chi connectivity index (χ2n) is 3.45. The van der Waals surface area contributed by atoms with Gasteiger partial charge in [0.15, 0.2) is 0 Å². The highest BCUT2D eigenvalue weighted by Crippen LogP contribution is 2.18. The summed E-state index contributed by atoms with van der Waals surface area (Å²) in [6, 6.07) is -0.0923. The van der Waals surface area contributed by atoms with Crippen LogP contribution in [-0.4, -0.2) is 48.6 Å². The van der Waals surface area contributed by atoms with Crippen molar-refractivity contribution in [3.63, 3.8) is 0 Å². The molecule has 0 aromatic carbocycles. The molecule has 3 N–H and O–H groups in total. The van der Waals surface area contributed by atoms with Crippen LogP contribution in [0.25, 0.3) is 0 Å². The van der Waals surface area contributed by atoms with Crippen LogP contribution in [-0.2, 0) is 9.53 Å². The summed E-state index contributed by atoms with van der Waals surface area (Å²) in [7, 11) is 0. The van der Waals surface area contributed by atoms with Gasteiger partial charge in [-0.1, -0.05) is 0 Å². The average molecular weight is 203 g/mol. The summed E-state index contributed by atoms with van der Waals surface area (Å²) < 4.78 is 5.07. The predicted octanol–water partition coefficient (Wildman–Crippen LogP) is -1.12. The number of aliphatic hydroxyl groups is 2. The fraction of sp³-hybridized carbons (Fsp3) is 0.889. The van der Waals surface area contributed by atoms with Crippen LogP contribution in [0.4, 0.5) is 0 Å². The second-order valence-corrected chi connectivity index (χ2v) is 3.45. The van der Waals surface area contributed by atoms with E-state index < -0.39 is 0 Å². The molecular formula is C9H17NO4. The summed E-state index contributed by atoms with van der Waals surface area (Å²) in [4.78, 5) is 11.3. The Balaban J connectivity index is 2.15. The first kappa shape index (κ1) is 11.4. The van der Waals surface area contributed by atoms with Crippen LogP contribution in [0.5, 0.6) is 0 Å². The molecule has 2 unspecified atom stereocenters. The summed E-state index contributed by atoms with van der Waals surface area (Å²) in [5, 5.41) is 20.0. The third kappa shape index (κ3) is 3.25. The maximum absolute atomic E-state index is 11.3. The summed E-state index contributed by atoms with van der Waals surface area (Å²) in [5.41, 5.74) is 0. The Morgan fingerprint density at radius 3 is 2.79 bits per heavy atom. The van der Waals surface area contributed by atoms with E-state index in [-0.39, 0.29) is 31.1 Å². The minimum atomic E-state index is -0.0923. The van der Waals surface area contributed by atoms with Crippen molar-refractivity contribution < 1.29 is 19.7 Å². The highest BCUT2D eigenvalue weighted by molar-refractivity contribution is 5.81. The molecule has 1 saturated heterocycles. The number of ether oxygens (including phenoxy) is 1. The molecule has 0 aromatic heterocycles. The Kier molecular flexibility index (Phi) is 4.86. The molecule has 5 heteroatoms. The van der Waals surface area contributed by atoms with E-state index in [1.807, 2.05) is 0 Å². The lowest BCUT2D eigenvalue weighted by Crippen LogP contribution is -2.29. The van der Waals surface area contributed by atoms with Gasteiger partial charge in [0.1, 0.15) is 0 Å². The summed E-state index contributed by atoms with van der Waals surface area (Å²) in [6.45, 7) is 0.810. The van der Waals surface area contributed by atoms with Crippen molar-refractivity contribution in [1.29, 1.82) is 0 Å². The molecule has 1 aliphatic rings. The van der Waals surface area contributed by atoms with E-state index in [1.54, 1.807) is 0 Å². The molecule has 82 valence electrons. The maximum Gasteiger partial charge on any atom is 0.223 e. The van der Waals surface area contributed by atoms with Crippen LogP contribution < -0.4 is 5.32 Å². The SMILES string of the molecule is O=C1NC(CO)CC1CCOCCO. The number of amides is 1. The van der Waals surface area contributed by atoms with Gasteiger partial charge in [0.05, 0.1) is 25.9 Å². The lowest BCUT2D eigenvalue weighted by molar-refractivity contribution is -0.123. The van der Waals surface area contributed by atoms with Gasteiger partial charge < -0.3 is 20.3 Å². The Labute approximate surface area is 83.1 Å². The van der Waals surface area contributed by atoms with Gasteiger partial charge in [-0.15, -0.1) is 0 Å². The van der Waals surface area contributed by atoms with Crippen LogP contribution >= 0.6 is 0 Å². The molecule has 0 aliphatic carbocycles. The molecule has 0 radical (unpaired) electrons. The van der Waals surface area contributed by atoms with Crippen LogP contribution in [0.15, 0.2) is 0 Å². The standard InChI is InChI=1S/C9H17NO4/c11-2-4-14-3-1-7-5-8(6-12)10-9(7)13/h7-8,11-12H,1-6H2,(H,10,13). The van der Waals surface area contributed by atoms with E-state index in [0.29, 0.717) is 26.1 Å². The third-order valence-corrected chi connectivity index (χ3v) is 2.35. The normalized spacial score (nSPS) is 26.6. The number of rotatable bonds is 6. The lowest BCUT2D eigenvalue weighted by atomic mass is 10.0. The van der Waals surface area contributed by atoms with Crippen LogP contribution in [0, 0.1) is 5.92 Å². The Hall–Kier alpha value is -0.650. The summed E-state index contributed by atoms with van der Waals surface area (Å²) in [5.74, 6) is -0.0532. The van der Waals surface area contributed by atoms with Crippen molar-refractivity contribution in [3.8, 4) is 0 Å². The van der Waals surface area contributed by atoms with Crippen molar-refractivity contribution in [2.24, 2.45) is 5.92 Å². The number of aliphatic hydroxyl groups excluding tert-OH is 2. The van der Waals surface area contributed by atoms with Gasteiger partial charge in [-0.2, -0.15) is 0 Å². The van der Waals surface area contributed by atoms with E-state index >= 15 is 0 Å². The first-order valence-electron chi connectivity index (χ1n) is 4.87. The molecule has 0 saturated carbocycles. The zero-order valence-corrected chi connectivity index (χ0v) is 8.11. The van der Waals surface area contributed by atoms with Crippen LogP contribution in [0.1, 0.15) is 12.8 Å². The minimum absolute atomic E-state index is 0.000261. The molecule has 0 bridgehead atoms. The fourth-order valence-corrected chi connectivity index (χ4v) is 1.59. The Morgan fingerprint density at radius 2 is 2.21 bits per heavy atom. The molecule has 5 nitrogen and oxygen atoms in total. The van der Waals surface area contributed by atoms with E-state index in [9.17, 15) is 4.79 Å². The molecular weight excluding hydrogens is 186 g/mol. The van der Waals surface area contributed by atoms with Crippen LogP contribution in [0.3, 0.4) is 0 Å². The number of carbonyl (C=O) groups excluding carboxylic acids is 1. The van der Waals surface area contributed by atoms with Crippen molar-refractivity contribution >= 4 is 5.91 Å². The maximum atomic E-state index is 11.3. The number of carbonyl (C=O) groups is 1. The largest absolute Gasteiger partial charge is 0.394 e. The quantitative estimate of drug-likeness (QED) is 0.478. The van der Waals surface area contributed by atoms with Gasteiger partial charge in [0.25, 0.3) is 0 Å². The smallest absolute Gasteiger partial charge is 0.223 e. The van der Waals surface area contributed by atoms with Gasteiger partial charge in [0, 0.05) is 12.5 Å². The summed E-state index contributed by atoms with van der Waals surface area (Å²) in [6.07, 6.45) is 1.33. The number of hydrogen-bond donors (Lipinski definition) is 3. The highest BCUT2D eigenvalue weighted by Gasteiger charge is 2.30. The zero-order chi connectivity index (χ0) is 10.4. The average Bonchev–Trinajstić information content (AvgIpc) is 2.54. The number of nitrogens with one attached hydrogen (secondary N) is 1. The zero-order valence-electron chi connectivity index (χ0n) is 8.11. The molecule has 1 fully saturated rings. The molecule has 1 amide bonds. The summed E-state index contributed by atoms with van der Waals surface area (Å²) >= 11 is 0. The highest BCUT2D eigenvalue weighted by atomic mass is 16.5. The van der Waals surface area contributed by atoms with Gasteiger partial charge in [-0.05, 0) is 12.8 Å². The van der Waals surface area contributed by atoms with Crippen molar-refractivity contribution in [1.82, 2.24) is 5.32 Å². The van der Waals surface area contributed by atoms with Gasteiger partial charge in [-0.25, -0.2) is 0 Å². The Bertz CT molecular complexity index is 186. The molecule has 1 rings (SSSR count). The van der Waals surface area contributed by atoms with Gasteiger partial charge in [0.2, 0.25) is 5.91 Å². The first-order chi connectivity index (χ1) is 6.77. The monoisotopic (exact) mass is 203 g/mol. The molecule has 14 heavy (non-hydrogen) atoms.